The number of urea groups is 1. The highest BCUT2D eigenvalue weighted by atomic mass is 16.6. The van der Waals surface area contributed by atoms with E-state index >= 15 is 0 Å². The zero-order valence-corrected chi connectivity index (χ0v) is 10.6. The minimum Gasteiger partial charge on any atom is -0.449 e. The van der Waals surface area contributed by atoms with Gasteiger partial charge in [-0.1, -0.05) is 30.3 Å². The SMILES string of the molecule is NC(=O)NC(=O)OCC(COC(N)=O)c1ccccc1. The smallest absolute Gasteiger partial charge is 0.415 e. The summed E-state index contributed by atoms with van der Waals surface area (Å²) in [7, 11) is 0. The molecule has 5 N–H and O–H groups in total. The van der Waals surface area contributed by atoms with E-state index < -0.39 is 24.1 Å². The van der Waals surface area contributed by atoms with Crippen LogP contribution in [0.15, 0.2) is 30.3 Å². The number of carbonyl (C=O) groups is 3. The van der Waals surface area contributed by atoms with E-state index in [4.69, 9.17) is 20.9 Å². The van der Waals surface area contributed by atoms with Crippen molar-refractivity contribution in [1.29, 1.82) is 0 Å². The molecular formula is C12H15N3O5. The van der Waals surface area contributed by atoms with E-state index in [0.29, 0.717) is 0 Å². The first-order valence-corrected chi connectivity index (χ1v) is 5.69. The Hall–Kier alpha value is -2.77. The van der Waals surface area contributed by atoms with Gasteiger partial charge in [0.2, 0.25) is 0 Å². The molecule has 0 fully saturated rings. The van der Waals surface area contributed by atoms with Crippen LogP contribution in [-0.2, 0) is 9.47 Å². The number of hydrogen-bond donors (Lipinski definition) is 3. The fraction of sp³-hybridized carbons (Fsp3) is 0.250. The molecule has 0 heterocycles. The van der Waals surface area contributed by atoms with Crippen molar-refractivity contribution in [1.82, 2.24) is 5.32 Å². The Labute approximate surface area is 115 Å². The average Bonchev–Trinajstić information content (AvgIpc) is 2.38. The third kappa shape index (κ3) is 5.71. The number of ether oxygens (including phenoxy) is 2. The molecule has 8 nitrogen and oxygen atoms in total. The van der Waals surface area contributed by atoms with Gasteiger partial charge in [-0.2, -0.15) is 0 Å². The van der Waals surface area contributed by atoms with Crippen molar-refractivity contribution in [3.63, 3.8) is 0 Å². The number of hydrogen-bond acceptors (Lipinski definition) is 5. The zero-order valence-electron chi connectivity index (χ0n) is 10.6. The topological polar surface area (TPSA) is 134 Å². The Balaban J connectivity index is 2.61. The first-order valence-electron chi connectivity index (χ1n) is 5.69. The molecule has 1 rings (SSSR count). The van der Waals surface area contributed by atoms with Crippen molar-refractivity contribution in [3.05, 3.63) is 35.9 Å². The molecule has 108 valence electrons. The third-order valence-electron chi connectivity index (χ3n) is 2.34. The number of amides is 4. The first-order chi connectivity index (χ1) is 9.49. The Morgan fingerprint density at radius 1 is 1.05 bits per heavy atom. The number of carbonyl (C=O) groups excluding carboxylic acids is 3. The van der Waals surface area contributed by atoms with Gasteiger partial charge in [0.25, 0.3) is 0 Å². The minimum atomic E-state index is -1.01. The second-order valence-electron chi connectivity index (χ2n) is 3.83. The molecule has 8 heteroatoms. The maximum atomic E-state index is 11.2. The molecule has 1 aromatic rings. The fourth-order valence-corrected chi connectivity index (χ4v) is 1.46. The van der Waals surface area contributed by atoms with Crippen LogP contribution < -0.4 is 16.8 Å². The third-order valence-corrected chi connectivity index (χ3v) is 2.34. The van der Waals surface area contributed by atoms with E-state index in [0.717, 1.165) is 5.56 Å². The molecule has 0 aliphatic rings. The molecule has 1 aromatic carbocycles. The predicted molar refractivity (Wildman–Crippen MR) is 68.8 cm³/mol. The molecule has 0 bridgehead atoms. The molecule has 0 aliphatic carbocycles. The van der Waals surface area contributed by atoms with Gasteiger partial charge in [-0.15, -0.1) is 0 Å². The molecule has 0 saturated carbocycles. The number of nitrogens with one attached hydrogen (secondary N) is 1. The van der Waals surface area contributed by atoms with Gasteiger partial charge in [0.05, 0.1) is 5.92 Å². The number of primary amides is 2. The number of benzene rings is 1. The van der Waals surface area contributed by atoms with Gasteiger partial charge in [-0.3, -0.25) is 0 Å². The van der Waals surface area contributed by atoms with Crippen LogP contribution in [0.4, 0.5) is 14.4 Å². The van der Waals surface area contributed by atoms with Gasteiger partial charge in [-0.25, -0.2) is 19.7 Å². The van der Waals surface area contributed by atoms with Crippen molar-refractivity contribution >= 4 is 18.2 Å². The number of nitrogens with two attached hydrogens (primary N) is 2. The van der Waals surface area contributed by atoms with E-state index in [1.807, 2.05) is 6.07 Å². The standard InChI is InChI=1S/C12H15N3O5/c13-10(16)15-12(18)20-7-9(6-19-11(14)17)8-4-2-1-3-5-8/h1-5,9H,6-7H2,(H2,14,17)(H3,13,15,16,18). The van der Waals surface area contributed by atoms with Crippen LogP contribution in [-0.4, -0.2) is 31.4 Å². The molecule has 1 unspecified atom stereocenters. The summed E-state index contributed by atoms with van der Waals surface area (Å²) in [5, 5.41) is 1.76. The molecule has 0 aromatic heterocycles. The summed E-state index contributed by atoms with van der Waals surface area (Å²) in [4.78, 5) is 32.3. The van der Waals surface area contributed by atoms with Gasteiger partial charge in [0.15, 0.2) is 0 Å². The summed E-state index contributed by atoms with van der Waals surface area (Å²) in [5.41, 5.74) is 10.5. The van der Waals surface area contributed by atoms with Crippen LogP contribution in [0.5, 0.6) is 0 Å². The summed E-state index contributed by atoms with van der Waals surface area (Å²) >= 11 is 0. The summed E-state index contributed by atoms with van der Waals surface area (Å²) in [6.45, 7) is -0.153. The van der Waals surface area contributed by atoms with Crippen LogP contribution in [0.2, 0.25) is 0 Å². The van der Waals surface area contributed by atoms with Crippen molar-refractivity contribution in [2.75, 3.05) is 13.2 Å². The molecule has 20 heavy (non-hydrogen) atoms. The first kappa shape index (κ1) is 15.3. The van der Waals surface area contributed by atoms with Crippen molar-refractivity contribution in [3.8, 4) is 0 Å². The molecule has 0 aliphatic heterocycles. The lowest BCUT2D eigenvalue weighted by molar-refractivity contribution is 0.112. The lowest BCUT2D eigenvalue weighted by Gasteiger charge is -2.16. The summed E-state index contributed by atoms with van der Waals surface area (Å²) in [5.74, 6) is -0.401. The summed E-state index contributed by atoms with van der Waals surface area (Å²) in [6.07, 6.45) is -1.90. The van der Waals surface area contributed by atoms with Crippen molar-refractivity contribution < 1.29 is 23.9 Å². The van der Waals surface area contributed by atoms with Gasteiger partial charge in [0.1, 0.15) is 13.2 Å². The highest BCUT2D eigenvalue weighted by Gasteiger charge is 2.16. The highest BCUT2D eigenvalue weighted by Crippen LogP contribution is 2.16. The van der Waals surface area contributed by atoms with Crippen LogP contribution in [0.3, 0.4) is 0 Å². The van der Waals surface area contributed by atoms with Crippen LogP contribution in [0.1, 0.15) is 11.5 Å². The van der Waals surface area contributed by atoms with E-state index in [2.05, 4.69) is 0 Å². The van der Waals surface area contributed by atoms with Crippen LogP contribution in [0, 0.1) is 0 Å². The molecule has 0 saturated heterocycles. The Morgan fingerprint density at radius 3 is 2.20 bits per heavy atom. The maximum Gasteiger partial charge on any atom is 0.415 e. The average molecular weight is 281 g/mol. The van der Waals surface area contributed by atoms with Gasteiger partial charge < -0.3 is 20.9 Å². The number of rotatable bonds is 5. The van der Waals surface area contributed by atoms with Crippen molar-refractivity contribution in [2.24, 2.45) is 11.5 Å². The normalized spacial score (nSPS) is 11.2. The second-order valence-corrected chi connectivity index (χ2v) is 3.83. The van der Waals surface area contributed by atoms with Gasteiger partial charge in [0, 0.05) is 0 Å². The van der Waals surface area contributed by atoms with Crippen LogP contribution >= 0.6 is 0 Å². The molecule has 4 amide bonds. The van der Waals surface area contributed by atoms with Crippen LogP contribution in [0.25, 0.3) is 0 Å². The Kier molecular flexibility index (Phi) is 5.82. The quantitative estimate of drug-likeness (QED) is 0.729. The minimum absolute atomic E-state index is 0.0524. The molecule has 0 spiro atoms. The monoisotopic (exact) mass is 281 g/mol. The highest BCUT2D eigenvalue weighted by molar-refractivity contribution is 5.89. The predicted octanol–water partition coefficient (Wildman–Crippen LogP) is 0.670. The van der Waals surface area contributed by atoms with Gasteiger partial charge in [-0.05, 0) is 5.56 Å². The van der Waals surface area contributed by atoms with Crippen molar-refractivity contribution in [2.45, 2.75) is 5.92 Å². The van der Waals surface area contributed by atoms with E-state index in [1.165, 1.54) is 0 Å². The summed E-state index contributed by atoms with van der Waals surface area (Å²) < 4.78 is 9.53. The largest absolute Gasteiger partial charge is 0.449 e. The zero-order chi connectivity index (χ0) is 15.0. The summed E-state index contributed by atoms with van der Waals surface area (Å²) in [6, 6.07) is 7.94. The van der Waals surface area contributed by atoms with E-state index in [-0.39, 0.29) is 13.2 Å². The van der Waals surface area contributed by atoms with Gasteiger partial charge >= 0.3 is 18.2 Å². The Morgan fingerprint density at radius 2 is 1.65 bits per heavy atom. The van der Waals surface area contributed by atoms with E-state index in [9.17, 15) is 14.4 Å². The lowest BCUT2D eigenvalue weighted by Crippen LogP contribution is -2.36. The number of imide groups is 1. The lowest BCUT2D eigenvalue weighted by atomic mass is 10.0. The molecule has 1 atom stereocenters. The van der Waals surface area contributed by atoms with E-state index in [1.54, 1.807) is 29.6 Å². The molecule has 0 radical (unpaired) electrons. The fourth-order valence-electron chi connectivity index (χ4n) is 1.46. The molecular weight excluding hydrogens is 266 g/mol. The number of alkyl carbamates (subject to hydrolysis) is 1. The second kappa shape index (κ2) is 7.62. The Bertz CT molecular complexity index is 477. The maximum absolute atomic E-state index is 11.2.